The largest absolute Gasteiger partial charge is 0.477 e. The van der Waals surface area contributed by atoms with Gasteiger partial charge in [-0.3, -0.25) is 0 Å². The number of carboxylic acid groups (broad SMARTS) is 1. The van der Waals surface area contributed by atoms with Crippen molar-refractivity contribution < 1.29 is 107 Å². The lowest BCUT2D eigenvalue weighted by Crippen LogP contribution is -2.72. The molecule has 0 amide bonds. The Morgan fingerprint density at radius 1 is 0.550 bits per heavy atom. The SMILES string of the molecule is O=C(O)c1c(F)c(F)c(OC(F)=C(F)C(F)(F)C(F)(F)C(F)(F)C(F)(F)C(F)(F)C(F)(F)C(F)(F)F)c(F)c1F. The van der Waals surface area contributed by atoms with Crippen LogP contribution in [0.15, 0.2) is 11.8 Å². The molecule has 0 bridgehead atoms. The maximum atomic E-state index is 13.6. The molecule has 0 radical (unpaired) electrons. The Kier molecular flexibility index (Phi) is 8.43. The second-order valence-electron chi connectivity index (χ2n) is 6.90. The number of ether oxygens (including phenoxy) is 1. The average molecular weight is 640 g/mol. The standard InChI is InChI=1S/C16HF21O3/c17-2-1(9(38)39)3(18)5(20)6(4(2)19)40-8(22)7(21)10(23,24)11(25,26)12(27,28)13(29,30)14(31,32)15(33,34)16(35,36)37/h(H,38,39). The molecule has 1 rings (SSSR count). The third-order valence-corrected chi connectivity index (χ3v) is 4.40. The first-order valence-electron chi connectivity index (χ1n) is 8.55. The van der Waals surface area contributed by atoms with Crippen molar-refractivity contribution in [3.63, 3.8) is 0 Å². The van der Waals surface area contributed by atoms with Gasteiger partial charge in [-0.2, -0.15) is 83.4 Å². The van der Waals surface area contributed by atoms with Gasteiger partial charge in [0.25, 0.3) is 0 Å². The molecule has 0 saturated heterocycles. The summed E-state index contributed by atoms with van der Waals surface area (Å²) < 4.78 is 280. The highest BCUT2D eigenvalue weighted by Gasteiger charge is 2.93. The van der Waals surface area contributed by atoms with Crippen molar-refractivity contribution in [2.75, 3.05) is 0 Å². The molecule has 1 aromatic rings. The van der Waals surface area contributed by atoms with Gasteiger partial charge >= 0.3 is 53.7 Å². The van der Waals surface area contributed by atoms with Gasteiger partial charge < -0.3 is 9.84 Å². The smallest absolute Gasteiger partial charge is 0.460 e. The zero-order chi connectivity index (χ0) is 32.4. The normalized spacial score (nSPS) is 15.2. The number of benzene rings is 1. The van der Waals surface area contributed by atoms with Crippen LogP contribution in [-0.4, -0.2) is 52.8 Å². The number of halogens is 21. The molecule has 0 unspecified atom stereocenters. The molecule has 230 valence electrons. The third-order valence-electron chi connectivity index (χ3n) is 4.40. The first-order valence-corrected chi connectivity index (χ1v) is 8.55. The number of allylic oxidation sites excluding steroid dienone is 1. The summed E-state index contributed by atoms with van der Waals surface area (Å²) in [6.07, 6.45) is -7.95. The van der Waals surface area contributed by atoms with Crippen molar-refractivity contribution in [3.8, 4) is 5.75 Å². The molecule has 0 aliphatic rings. The maximum absolute atomic E-state index is 13.6. The number of aromatic carboxylic acids is 1. The lowest BCUT2D eigenvalue weighted by Gasteiger charge is -2.41. The molecule has 0 aliphatic carbocycles. The Balaban J connectivity index is 3.77. The van der Waals surface area contributed by atoms with Gasteiger partial charge in [0.2, 0.25) is 23.2 Å². The van der Waals surface area contributed by atoms with E-state index in [1.54, 1.807) is 0 Å². The van der Waals surface area contributed by atoms with Crippen LogP contribution in [0, 0.1) is 23.3 Å². The molecular weight excluding hydrogens is 639 g/mol. The summed E-state index contributed by atoms with van der Waals surface area (Å²) in [4.78, 5) is 10.5. The van der Waals surface area contributed by atoms with Gasteiger partial charge in [-0.15, -0.1) is 0 Å². The highest BCUT2D eigenvalue weighted by atomic mass is 19.4. The molecule has 0 atom stereocenters. The van der Waals surface area contributed by atoms with Crippen LogP contribution in [0.25, 0.3) is 0 Å². The van der Waals surface area contributed by atoms with Crippen LogP contribution in [0.4, 0.5) is 92.2 Å². The molecule has 0 aromatic heterocycles. The van der Waals surface area contributed by atoms with Crippen LogP contribution in [-0.2, 0) is 0 Å². The Labute approximate surface area is 202 Å². The zero-order valence-corrected chi connectivity index (χ0v) is 17.2. The summed E-state index contributed by atoms with van der Waals surface area (Å²) in [5.74, 6) is -75.6. The van der Waals surface area contributed by atoms with Crippen molar-refractivity contribution in [1.82, 2.24) is 0 Å². The van der Waals surface area contributed by atoms with E-state index in [2.05, 4.69) is 4.74 Å². The summed E-state index contributed by atoms with van der Waals surface area (Å²) in [7, 11) is 0. The molecule has 3 nitrogen and oxygen atoms in total. The Bertz CT molecular complexity index is 1180. The summed E-state index contributed by atoms with van der Waals surface area (Å²) in [6, 6.07) is -4.42. The van der Waals surface area contributed by atoms with E-state index in [9.17, 15) is 97.0 Å². The molecule has 0 heterocycles. The van der Waals surface area contributed by atoms with Gasteiger partial charge in [0.15, 0.2) is 11.6 Å². The number of alkyl halides is 15. The molecule has 0 spiro atoms. The van der Waals surface area contributed by atoms with Gasteiger partial charge in [-0.1, -0.05) is 0 Å². The van der Waals surface area contributed by atoms with Gasteiger partial charge in [0, 0.05) is 0 Å². The van der Waals surface area contributed by atoms with Gasteiger partial charge in [-0.25, -0.2) is 13.6 Å². The van der Waals surface area contributed by atoms with Gasteiger partial charge in [0.1, 0.15) is 5.56 Å². The van der Waals surface area contributed by atoms with Crippen LogP contribution < -0.4 is 4.74 Å². The predicted molar refractivity (Wildman–Crippen MR) is 78.8 cm³/mol. The third kappa shape index (κ3) is 4.60. The molecule has 1 N–H and O–H groups in total. The fraction of sp³-hybridized carbons (Fsp3) is 0.438. The number of rotatable bonds is 9. The van der Waals surface area contributed by atoms with Crippen LogP contribution in [0.3, 0.4) is 0 Å². The van der Waals surface area contributed by atoms with Crippen molar-refractivity contribution >= 4 is 5.97 Å². The minimum atomic E-state index is -8.90. The molecule has 0 aliphatic heterocycles. The Morgan fingerprint density at radius 2 is 0.875 bits per heavy atom. The van der Waals surface area contributed by atoms with Crippen LogP contribution in [0.1, 0.15) is 10.4 Å². The van der Waals surface area contributed by atoms with Gasteiger partial charge in [-0.05, 0) is 0 Å². The van der Waals surface area contributed by atoms with E-state index >= 15 is 0 Å². The monoisotopic (exact) mass is 640 g/mol. The molecule has 24 heteroatoms. The molecule has 0 fully saturated rings. The summed E-state index contributed by atoms with van der Waals surface area (Å²) in [5, 5.41) is 8.37. The van der Waals surface area contributed by atoms with Crippen molar-refractivity contribution in [3.05, 3.63) is 40.7 Å². The number of carbonyl (C=O) groups is 1. The lowest BCUT2D eigenvalue weighted by molar-refractivity contribution is -0.451. The van der Waals surface area contributed by atoms with E-state index in [0.29, 0.717) is 0 Å². The minimum absolute atomic E-state index is 2.58. The van der Waals surface area contributed by atoms with Gasteiger partial charge in [0.05, 0.1) is 0 Å². The fourth-order valence-corrected chi connectivity index (χ4v) is 2.25. The number of hydrogen-bond donors (Lipinski definition) is 1. The van der Waals surface area contributed by atoms with E-state index in [0.717, 1.165) is 0 Å². The maximum Gasteiger partial charge on any atom is 0.460 e. The summed E-state index contributed by atoms with van der Waals surface area (Å²) in [6.45, 7) is 0. The van der Waals surface area contributed by atoms with E-state index < -0.39 is 94.1 Å². The quantitative estimate of drug-likeness (QED) is 0.170. The Hall–Kier alpha value is -3.24. The zero-order valence-electron chi connectivity index (χ0n) is 17.2. The molecule has 1 aromatic carbocycles. The fourth-order valence-electron chi connectivity index (χ4n) is 2.25. The topological polar surface area (TPSA) is 46.5 Å². The second kappa shape index (κ2) is 9.69. The van der Waals surface area contributed by atoms with Crippen LogP contribution in [0.2, 0.25) is 0 Å². The highest BCUT2D eigenvalue weighted by Crippen LogP contribution is 2.63. The Morgan fingerprint density at radius 3 is 1.20 bits per heavy atom. The van der Waals surface area contributed by atoms with E-state index in [-0.39, 0.29) is 0 Å². The van der Waals surface area contributed by atoms with E-state index in [1.165, 1.54) is 0 Å². The lowest BCUT2D eigenvalue weighted by atomic mass is 9.91. The van der Waals surface area contributed by atoms with Crippen LogP contribution in [0.5, 0.6) is 5.75 Å². The van der Waals surface area contributed by atoms with Crippen molar-refractivity contribution in [2.45, 2.75) is 41.7 Å². The summed E-state index contributed by atoms with van der Waals surface area (Å²) in [5.41, 5.74) is -2.58. The first-order chi connectivity index (χ1) is 17.4. The minimum Gasteiger partial charge on any atom is -0.477 e. The predicted octanol–water partition coefficient (Wildman–Crippen LogP) is 7.80. The number of carboxylic acids is 1. The number of hydrogen-bond acceptors (Lipinski definition) is 2. The average Bonchev–Trinajstić information content (AvgIpc) is 2.78. The van der Waals surface area contributed by atoms with E-state index in [1.807, 2.05) is 0 Å². The molecular formula is C16HF21O3. The second-order valence-corrected chi connectivity index (χ2v) is 6.90. The van der Waals surface area contributed by atoms with Crippen molar-refractivity contribution in [2.24, 2.45) is 0 Å². The first kappa shape index (κ1) is 34.8. The highest BCUT2D eigenvalue weighted by molar-refractivity contribution is 5.88. The van der Waals surface area contributed by atoms with E-state index in [4.69, 9.17) is 5.11 Å². The summed E-state index contributed by atoms with van der Waals surface area (Å²) >= 11 is 0. The van der Waals surface area contributed by atoms with Crippen LogP contribution >= 0.6 is 0 Å². The molecule has 0 saturated carbocycles. The van der Waals surface area contributed by atoms with Crippen molar-refractivity contribution in [1.29, 1.82) is 0 Å². The molecule has 40 heavy (non-hydrogen) atoms.